The van der Waals surface area contributed by atoms with E-state index in [9.17, 15) is 4.79 Å². The SMILES string of the molecule is COC(O)C(=O)N(C)C. The number of hydrogen-bond acceptors (Lipinski definition) is 3. The number of carbonyl (C=O) groups excluding carboxylic acids is 1. The molecule has 0 aliphatic rings. The van der Waals surface area contributed by atoms with Crippen LogP contribution in [0.1, 0.15) is 0 Å². The third-order valence-electron chi connectivity index (χ3n) is 0.875. The van der Waals surface area contributed by atoms with Crippen LogP contribution in [0.5, 0.6) is 0 Å². The van der Waals surface area contributed by atoms with Crippen LogP contribution in [0.25, 0.3) is 0 Å². The van der Waals surface area contributed by atoms with Crippen LogP contribution in [0.15, 0.2) is 0 Å². The molecule has 1 unspecified atom stereocenters. The highest BCUT2D eigenvalue weighted by Gasteiger charge is 2.14. The van der Waals surface area contributed by atoms with E-state index in [1.54, 1.807) is 14.1 Å². The van der Waals surface area contributed by atoms with Gasteiger partial charge in [0.15, 0.2) is 0 Å². The largest absolute Gasteiger partial charge is 0.361 e. The zero-order valence-electron chi connectivity index (χ0n) is 5.79. The number of methoxy groups -OCH3 is 1. The van der Waals surface area contributed by atoms with Crippen molar-refractivity contribution in [2.75, 3.05) is 21.2 Å². The highest BCUT2D eigenvalue weighted by atomic mass is 16.6. The number of nitrogens with zero attached hydrogens (tertiary/aromatic N) is 1. The topological polar surface area (TPSA) is 49.8 Å². The van der Waals surface area contributed by atoms with Gasteiger partial charge in [0, 0.05) is 21.2 Å². The average molecular weight is 133 g/mol. The molecule has 0 heterocycles. The van der Waals surface area contributed by atoms with Crippen molar-refractivity contribution in [3.05, 3.63) is 0 Å². The lowest BCUT2D eigenvalue weighted by Crippen LogP contribution is -2.34. The van der Waals surface area contributed by atoms with E-state index < -0.39 is 12.2 Å². The van der Waals surface area contributed by atoms with E-state index in [2.05, 4.69) is 4.74 Å². The Labute approximate surface area is 54.0 Å². The van der Waals surface area contributed by atoms with E-state index in [0.29, 0.717) is 0 Å². The fourth-order valence-electron chi connectivity index (χ4n) is 0.322. The molecular formula is C5H11NO3. The third kappa shape index (κ3) is 2.43. The van der Waals surface area contributed by atoms with Gasteiger partial charge in [-0.3, -0.25) is 4.79 Å². The van der Waals surface area contributed by atoms with Gasteiger partial charge in [0.2, 0.25) is 6.29 Å². The highest BCUT2D eigenvalue weighted by Crippen LogP contribution is 1.87. The van der Waals surface area contributed by atoms with Crippen LogP contribution in [0.2, 0.25) is 0 Å². The fourth-order valence-corrected chi connectivity index (χ4v) is 0.322. The summed E-state index contributed by atoms with van der Waals surface area (Å²) in [4.78, 5) is 11.9. The van der Waals surface area contributed by atoms with Crippen molar-refractivity contribution in [2.24, 2.45) is 0 Å². The minimum absolute atomic E-state index is 0.447. The van der Waals surface area contributed by atoms with Gasteiger partial charge in [-0.25, -0.2) is 0 Å². The normalized spacial score (nSPS) is 12.9. The van der Waals surface area contributed by atoms with Crippen molar-refractivity contribution >= 4 is 5.91 Å². The molecule has 0 radical (unpaired) electrons. The van der Waals surface area contributed by atoms with Crippen molar-refractivity contribution in [1.82, 2.24) is 4.90 Å². The van der Waals surface area contributed by atoms with Gasteiger partial charge in [-0.15, -0.1) is 0 Å². The number of hydrogen-bond donors (Lipinski definition) is 1. The average Bonchev–Trinajstić information content (AvgIpc) is 1.84. The number of aliphatic hydroxyl groups is 1. The summed E-state index contributed by atoms with van der Waals surface area (Å²) in [5.41, 5.74) is 0. The van der Waals surface area contributed by atoms with Crippen LogP contribution >= 0.6 is 0 Å². The Kier molecular flexibility index (Phi) is 3.19. The maximum Gasteiger partial charge on any atom is 0.278 e. The minimum Gasteiger partial charge on any atom is -0.361 e. The summed E-state index contributed by atoms with van der Waals surface area (Å²) in [6.07, 6.45) is -1.32. The second-order valence-corrected chi connectivity index (χ2v) is 1.82. The summed E-state index contributed by atoms with van der Waals surface area (Å²) >= 11 is 0. The molecule has 1 N–H and O–H groups in total. The second-order valence-electron chi connectivity index (χ2n) is 1.82. The third-order valence-corrected chi connectivity index (χ3v) is 0.875. The monoisotopic (exact) mass is 133 g/mol. The van der Waals surface area contributed by atoms with Gasteiger partial charge < -0.3 is 14.7 Å². The molecule has 0 bridgehead atoms. The number of likely N-dealkylation sites (N-methyl/N-ethyl adjacent to an activating group) is 1. The first-order valence-corrected chi connectivity index (χ1v) is 2.51. The smallest absolute Gasteiger partial charge is 0.278 e. The summed E-state index contributed by atoms with van der Waals surface area (Å²) in [7, 11) is 4.36. The van der Waals surface area contributed by atoms with Crippen molar-refractivity contribution in [2.45, 2.75) is 6.29 Å². The van der Waals surface area contributed by atoms with Gasteiger partial charge in [-0.2, -0.15) is 0 Å². The molecule has 1 amide bonds. The maximum absolute atomic E-state index is 10.6. The van der Waals surface area contributed by atoms with Gasteiger partial charge in [0.1, 0.15) is 0 Å². The maximum atomic E-state index is 10.6. The summed E-state index contributed by atoms with van der Waals surface area (Å²) in [5.74, 6) is -0.447. The number of rotatable bonds is 2. The van der Waals surface area contributed by atoms with Gasteiger partial charge in [-0.1, -0.05) is 0 Å². The first-order valence-electron chi connectivity index (χ1n) is 2.51. The van der Waals surface area contributed by atoms with Crippen molar-refractivity contribution in [1.29, 1.82) is 0 Å². The predicted molar refractivity (Wildman–Crippen MR) is 31.7 cm³/mol. The van der Waals surface area contributed by atoms with Gasteiger partial charge in [-0.05, 0) is 0 Å². The Balaban J connectivity index is 3.73. The van der Waals surface area contributed by atoms with Crippen molar-refractivity contribution < 1.29 is 14.6 Å². The lowest BCUT2D eigenvalue weighted by molar-refractivity contribution is -0.161. The summed E-state index contributed by atoms with van der Waals surface area (Å²) in [6.45, 7) is 0. The van der Waals surface area contributed by atoms with Gasteiger partial charge in [0.25, 0.3) is 5.91 Å². The minimum atomic E-state index is -1.32. The Bertz CT molecular complexity index is 102. The van der Waals surface area contributed by atoms with E-state index in [-0.39, 0.29) is 0 Å². The van der Waals surface area contributed by atoms with E-state index in [1.807, 2.05) is 0 Å². The van der Waals surface area contributed by atoms with Crippen LogP contribution in [0, 0.1) is 0 Å². The van der Waals surface area contributed by atoms with Crippen LogP contribution in [0.3, 0.4) is 0 Å². The summed E-state index contributed by atoms with van der Waals surface area (Å²) in [6, 6.07) is 0. The van der Waals surface area contributed by atoms with Crippen LogP contribution < -0.4 is 0 Å². The molecule has 9 heavy (non-hydrogen) atoms. The molecule has 0 rings (SSSR count). The Morgan fingerprint density at radius 1 is 1.67 bits per heavy atom. The zero-order chi connectivity index (χ0) is 7.44. The standard InChI is InChI=1S/C5H11NO3/c1-6(2)4(7)5(8)9-3/h5,8H,1-3H3. The molecule has 1 atom stereocenters. The van der Waals surface area contributed by atoms with Crippen molar-refractivity contribution in [3.8, 4) is 0 Å². The first kappa shape index (κ1) is 8.39. The lowest BCUT2D eigenvalue weighted by atomic mass is 10.5. The van der Waals surface area contributed by atoms with Crippen LogP contribution in [-0.4, -0.2) is 43.4 Å². The number of ether oxygens (including phenoxy) is 1. The molecule has 0 spiro atoms. The van der Waals surface area contributed by atoms with Crippen LogP contribution in [-0.2, 0) is 9.53 Å². The molecule has 0 aromatic carbocycles. The molecule has 0 saturated heterocycles. The fraction of sp³-hybridized carbons (Fsp3) is 0.800. The molecule has 54 valence electrons. The quantitative estimate of drug-likeness (QED) is 0.493. The first-order chi connectivity index (χ1) is 4.09. The Hall–Kier alpha value is -0.610. The van der Waals surface area contributed by atoms with Gasteiger partial charge >= 0.3 is 0 Å². The van der Waals surface area contributed by atoms with E-state index in [1.165, 1.54) is 12.0 Å². The van der Waals surface area contributed by atoms with Crippen molar-refractivity contribution in [3.63, 3.8) is 0 Å². The predicted octanol–water partition coefficient (Wildman–Crippen LogP) is -0.961. The molecule has 0 aliphatic heterocycles. The summed E-state index contributed by atoms with van der Waals surface area (Å²) in [5, 5.41) is 8.68. The van der Waals surface area contributed by atoms with E-state index >= 15 is 0 Å². The highest BCUT2D eigenvalue weighted by molar-refractivity contribution is 5.78. The number of amides is 1. The molecule has 0 aromatic rings. The van der Waals surface area contributed by atoms with E-state index in [4.69, 9.17) is 5.11 Å². The van der Waals surface area contributed by atoms with Crippen LogP contribution in [0.4, 0.5) is 0 Å². The molecule has 0 aliphatic carbocycles. The van der Waals surface area contributed by atoms with Gasteiger partial charge in [0.05, 0.1) is 0 Å². The molecule has 4 heteroatoms. The Morgan fingerprint density at radius 2 is 2.11 bits per heavy atom. The Morgan fingerprint density at radius 3 is 2.22 bits per heavy atom. The second kappa shape index (κ2) is 3.42. The van der Waals surface area contributed by atoms with E-state index in [0.717, 1.165) is 0 Å². The molecule has 0 fully saturated rings. The molecular weight excluding hydrogens is 122 g/mol. The molecule has 0 saturated carbocycles. The lowest BCUT2D eigenvalue weighted by Gasteiger charge is -2.13. The summed E-state index contributed by atoms with van der Waals surface area (Å²) < 4.78 is 4.34. The molecule has 0 aromatic heterocycles. The molecule has 4 nitrogen and oxygen atoms in total. The zero-order valence-corrected chi connectivity index (χ0v) is 5.79. The number of carbonyl (C=O) groups is 1. The number of aliphatic hydroxyl groups excluding tert-OH is 1.